The van der Waals surface area contributed by atoms with Crippen LogP contribution in [0.15, 0.2) is 48.5 Å². The second-order valence-electron chi connectivity index (χ2n) is 20.3. The zero-order valence-corrected chi connectivity index (χ0v) is 47.4. The third-order valence-corrected chi connectivity index (χ3v) is 14.0. The number of ether oxygens (including phenoxy) is 14. The number of benzene rings is 3. The molecule has 3 fully saturated rings. The first-order valence-electron chi connectivity index (χ1n) is 26.7. The second-order valence-corrected chi connectivity index (χ2v) is 20.3. The van der Waals surface area contributed by atoms with Gasteiger partial charge in [-0.1, -0.05) is 48.5 Å². The average Bonchev–Trinajstić information content (AvgIpc) is 1.87. The standard InChI is InChI=1S/C55H63F5N4O23/c1-20(43(51(72)86-47-38(59)36(57)35(56)37(58)39(47)60)64-55(73)77-16-31-29-14-10-8-12-27(29)28-13-9-11-15-30(28)31)78-53-40(61)48(87-54-42(63)50(82-26(7)70)46(80-24(5)68)34(85-54)19-75-22(3)66)44(71)32(83-53)17-76-52-41(62)49(81-25(6)69)45(79-23(4)67)33(84-52)18-74-21(2)65/h8-15,20,31-34,40-46,48-50,52-54,71H,16-19,61-63H2,1-7H3,(H,64,73)/t20-,32-,33-,34-,40-,41-,42-,43+,44+,45-,46-,48-,49-,50-,52-,53+,54+/m1/s1. The third-order valence-electron chi connectivity index (χ3n) is 14.0. The van der Waals surface area contributed by atoms with Gasteiger partial charge in [-0.25, -0.2) is 22.8 Å². The van der Waals surface area contributed by atoms with Gasteiger partial charge in [0.1, 0.15) is 50.3 Å². The summed E-state index contributed by atoms with van der Waals surface area (Å²) in [5.41, 5.74) is 23.0. The van der Waals surface area contributed by atoms with Gasteiger partial charge in [0.05, 0.1) is 30.8 Å². The highest BCUT2D eigenvalue weighted by Gasteiger charge is 2.55. The van der Waals surface area contributed by atoms with E-state index in [-0.39, 0.29) is 0 Å². The number of aliphatic hydroxyl groups is 1. The van der Waals surface area contributed by atoms with Crippen LogP contribution in [0.3, 0.4) is 0 Å². The van der Waals surface area contributed by atoms with Gasteiger partial charge in [0.25, 0.3) is 0 Å². The topological polar surface area (TPSA) is 376 Å². The molecule has 0 aromatic heterocycles. The Kier molecular flexibility index (Phi) is 22.3. The number of halogens is 5. The summed E-state index contributed by atoms with van der Waals surface area (Å²) in [4.78, 5) is 102. The fourth-order valence-electron chi connectivity index (χ4n) is 10.1. The van der Waals surface area contributed by atoms with E-state index >= 15 is 8.78 Å². The summed E-state index contributed by atoms with van der Waals surface area (Å²) in [6.45, 7) is 4.48. The summed E-state index contributed by atoms with van der Waals surface area (Å²) < 4.78 is 152. The lowest BCUT2D eigenvalue weighted by Crippen LogP contribution is -2.69. The summed E-state index contributed by atoms with van der Waals surface area (Å²) in [5, 5.41) is 14.4. The number of hydrogen-bond donors (Lipinski definition) is 5. The van der Waals surface area contributed by atoms with Crippen LogP contribution in [0.25, 0.3) is 11.1 Å². The van der Waals surface area contributed by atoms with Crippen molar-refractivity contribution < 1.29 is 132 Å². The molecule has 476 valence electrons. The van der Waals surface area contributed by atoms with Gasteiger partial charge in [-0.05, 0) is 29.2 Å². The first-order chi connectivity index (χ1) is 41.1. The van der Waals surface area contributed by atoms with Crippen molar-refractivity contribution in [1.29, 1.82) is 0 Å². The van der Waals surface area contributed by atoms with Crippen molar-refractivity contribution in [2.24, 2.45) is 17.2 Å². The molecule has 0 radical (unpaired) electrons. The fraction of sp³-hybridized carbons (Fsp3) is 0.527. The molecule has 32 heteroatoms. The molecule has 0 unspecified atom stereocenters. The summed E-state index contributed by atoms with van der Waals surface area (Å²) in [5.74, 6) is -22.8. The number of hydrogen-bond acceptors (Lipinski definition) is 26. The molecule has 0 saturated carbocycles. The fourth-order valence-corrected chi connectivity index (χ4v) is 10.1. The molecule has 3 heterocycles. The van der Waals surface area contributed by atoms with E-state index in [1.54, 1.807) is 36.4 Å². The molecule has 1 aliphatic carbocycles. The quantitative estimate of drug-likeness (QED) is 0.0251. The van der Waals surface area contributed by atoms with Crippen molar-refractivity contribution in [2.75, 3.05) is 26.4 Å². The Hall–Kier alpha value is -7.53. The first-order valence-corrected chi connectivity index (χ1v) is 26.7. The predicted molar refractivity (Wildman–Crippen MR) is 277 cm³/mol. The Bertz CT molecular complexity index is 2980. The largest absolute Gasteiger partial charge is 0.463 e. The predicted octanol–water partition coefficient (Wildman–Crippen LogP) is 1.37. The van der Waals surface area contributed by atoms with Gasteiger partial charge in [-0.3, -0.25) is 28.8 Å². The maximum absolute atomic E-state index is 15.1. The molecule has 1 amide bonds. The maximum atomic E-state index is 15.1. The highest BCUT2D eigenvalue weighted by atomic mass is 19.2. The molecule has 3 aromatic rings. The molecule has 17 atom stereocenters. The smallest absolute Gasteiger partial charge is 0.407 e. The van der Waals surface area contributed by atoms with Crippen molar-refractivity contribution in [1.82, 2.24) is 5.32 Å². The highest BCUT2D eigenvalue weighted by molar-refractivity contribution is 5.84. The van der Waals surface area contributed by atoms with Gasteiger partial charge in [-0.2, -0.15) is 8.78 Å². The van der Waals surface area contributed by atoms with Crippen LogP contribution >= 0.6 is 0 Å². The Morgan fingerprint density at radius 3 is 1.44 bits per heavy atom. The normalized spacial score (nSPS) is 28.3. The lowest BCUT2D eigenvalue weighted by Gasteiger charge is -2.48. The number of carbonyl (C=O) groups is 8. The number of esters is 7. The van der Waals surface area contributed by atoms with Crippen molar-refractivity contribution in [3.63, 3.8) is 0 Å². The second kappa shape index (κ2) is 29.0. The van der Waals surface area contributed by atoms with E-state index in [4.69, 9.17) is 83.5 Å². The Balaban J connectivity index is 1.23. The van der Waals surface area contributed by atoms with Crippen molar-refractivity contribution in [3.8, 4) is 16.9 Å². The number of amides is 1. The molecule has 87 heavy (non-hydrogen) atoms. The molecule has 3 saturated heterocycles. The zero-order chi connectivity index (χ0) is 63.9. The van der Waals surface area contributed by atoms with Crippen LogP contribution in [-0.2, 0) is 95.1 Å². The lowest BCUT2D eigenvalue weighted by molar-refractivity contribution is -0.336. The van der Waals surface area contributed by atoms with Gasteiger partial charge >= 0.3 is 47.9 Å². The minimum atomic E-state index is -2.60. The number of alkyl carbamates (subject to hydrolysis) is 1. The van der Waals surface area contributed by atoms with Crippen molar-refractivity contribution in [2.45, 2.75) is 158 Å². The van der Waals surface area contributed by atoms with E-state index in [0.717, 1.165) is 70.7 Å². The van der Waals surface area contributed by atoms with Crippen LogP contribution in [0.2, 0.25) is 0 Å². The molecule has 0 spiro atoms. The number of rotatable bonds is 21. The third kappa shape index (κ3) is 15.8. The maximum Gasteiger partial charge on any atom is 0.407 e. The van der Waals surface area contributed by atoms with Gasteiger partial charge in [0, 0.05) is 47.5 Å². The zero-order valence-electron chi connectivity index (χ0n) is 47.4. The van der Waals surface area contributed by atoms with Gasteiger partial charge in [0.15, 0.2) is 49.3 Å². The van der Waals surface area contributed by atoms with Crippen LogP contribution in [0, 0.1) is 29.1 Å². The van der Waals surface area contributed by atoms with Crippen molar-refractivity contribution >= 4 is 47.9 Å². The van der Waals surface area contributed by atoms with E-state index in [1.165, 1.54) is 0 Å². The number of nitrogens with one attached hydrogen (secondary N) is 1. The van der Waals surface area contributed by atoms with Crippen LogP contribution in [0.1, 0.15) is 65.5 Å². The molecule has 27 nitrogen and oxygen atoms in total. The molecule has 3 aromatic carbocycles. The number of fused-ring (bicyclic) bond motifs is 3. The van der Waals surface area contributed by atoms with Gasteiger partial charge < -0.3 is 93.9 Å². The Labute approximate surface area is 491 Å². The summed E-state index contributed by atoms with van der Waals surface area (Å²) >= 11 is 0. The Morgan fingerprint density at radius 1 is 0.529 bits per heavy atom. The number of carbonyl (C=O) groups excluding carboxylic acids is 8. The SMILES string of the molecule is CC(=O)OC[C@H]1O[C@@H](OC[C@H]2O[C@H](O[C@H](C)[C@H](NC(=O)OCC3c4ccccc4-c4ccccc43)C(=O)Oc3c(F)c(F)c(F)c(F)c3F)[C@H](N)[C@@H](O[C@@H]3O[C@H](COC(C)=O)[C@@H](OC(C)=O)[C@H](OC(C)=O)[C@H]3N)[C@H]2O)[C@H](N)[C@@H](OC(C)=O)[C@@H]1OC(C)=O. The van der Waals surface area contributed by atoms with Crippen molar-refractivity contribution in [3.05, 3.63) is 88.7 Å². The summed E-state index contributed by atoms with van der Waals surface area (Å²) in [7, 11) is 0. The first kappa shape index (κ1) is 67.0. The molecule has 8 N–H and O–H groups in total. The lowest BCUT2D eigenvalue weighted by atomic mass is 9.94. The van der Waals surface area contributed by atoms with Crippen LogP contribution in [0.4, 0.5) is 26.7 Å². The van der Waals surface area contributed by atoms with E-state index < -0.39 is 219 Å². The minimum Gasteiger partial charge on any atom is -0.463 e. The van der Waals surface area contributed by atoms with E-state index in [1.807, 2.05) is 12.1 Å². The van der Waals surface area contributed by atoms with E-state index in [0.29, 0.717) is 0 Å². The number of aliphatic hydroxyl groups excluding tert-OH is 1. The van der Waals surface area contributed by atoms with Crippen LogP contribution < -0.4 is 27.3 Å². The minimum absolute atomic E-state index is 0.401. The van der Waals surface area contributed by atoms with Crippen LogP contribution in [-0.4, -0.2) is 183 Å². The monoisotopic (exact) mass is 1240 g/mol. The molecule has 4 aliphatic rings. The van der Waals surface area contributed by atoms with Gasteiger partial charge in [0.2, 0.25) is 34.8 Å². The molecule has 0 bridgehead atoms. The summed E-state index contributed by atoms with van der Waals surface area (Å²) in [6.07, 6.45) is -24.2. The van der Waals surface area contributed by atoms with E-state index in [9.17, 15) is 56.6 Å². The highest BCUT2D eigenvalue weighted by Crippen LogP contribution is 2.45. The number of nitrogens with two attached hydrogens (primary N) is 3. The van der Waals surface area contributed by atoms with E-state index in [2.05, 4.69) is 5.32 Å². The van der Waals surface area contributed by atoms with Crippen LogP contribution in [0.5, 0.6) is 5.75 Å². The Morgan fingerprint density at radius 2 is 0.954 bits per heavy atom. The molecular formula is C55H63F5N4O23. The summed E-state index contributed by atoms with van der Waals surface area (Å²) in [6, 6.07) is 6.85. The molecule has 3 aliphatic heterocycles. The average molecular weight is 1240 g/mol. The molecule has 7 rings (SSSR count). The van der Waals surface area contributed by atoms with Gasteiger partial charge in [-0.15, -0.1) is 0 Å². The molecular weight excluding hydrogens is 1180 g/mol.